The molecule has 1 spiro atoms. The minimum Gasteiger partial charge on any atom is -0.508 e. The summed E-state index contributed by atoms with van der Waals surface area (Å²) in [5.41, 5.74) is 5.40. The van der Waals surface area contributed by atoms with Crippen molar-refractivity contribution < 1.29 is 74.1 Å². The lowest BCUT2D eigenvalue weighted by Crippen LogP contribution is -2.68. The van der Waals surface area contributed by atoms with Gasteiger partial charge in [0, 0.05) is 34.4 Å². The van der Waals surface area contributed by atoms with Crippen LogP contribution in [0.3, 0.4) is 0 Å². The Morgan fingerprint density at radius 3 is 2.06 bits per heavy atom. The molecule has 11 N–H and O–H groups in total. The standard InChI is InChI=1S/C33H34N2O15/c34-23-26(41)25(40)21(10-36)48-32(23)49-28-22(11-37)47-31(45)24(27(28)42)35-29(43)12-1-4-16-15(7-12)30(44)50-33(16)17-5-2-13(38)8-19(17)46-20-9-14(39)3-6-18(20)33/h1-9,21-28,31-32,36-42,45H,10-11,34H2,(H,35,43)/t21-,22-,23-,24-,25-,26+,27?,28-,31-,32+/m1/s1. The van der Waals surface area contributed by atoms with Crippen molar-refractivity contribution in [2.75, 3.05) is 13.2 Å². The van der Waals surface area contributed by atoms with Crippen LogP contribution in [-0.4, -0.2) is 127 Å². The van der Waals surface area contributed by atoms with Gasteiger partial charge in [-0.2, -0.15) is 0 Å². The molecule has 17 nitrogen and oxygen atoms in total. The molecule has 17 heteroatoms. The van der Waals surface area contributed by atoms with Crippen LogP contribution in [0.5, 0.6) is 23.0 Å². The monoisotopic (exact) mass is 698 g/mol. The highest BCUT2D eigenvalue weighted by Crippen LogP contribution is 2.57. The maximum absolute atomic E-state index is 13.6. The first-order valence-corrected chi connectivity index (χ1v) is 15.6. The molecule has 4 heterocycles. The fraction of sp³-hybridized carbons (Fsp3) is 0.394. The number of phenols is 2. The van der Waals surface area contributed by atoms with E-state index in [1.807, 2.05) is 0 Å². The molecule has 2 saturated heterocycles. The van der Waals surface area contributed by atoms with Gasteiger partial charge in [0.1, 0.15) is 65.7 Å². The van der Waals surface area contributed by atoms with Crippen LogP contribution in [0.2, 0.25) is 0 Å². The second kappa shape index (κ2) is 12.7. The predicted molar refractivity (Wildman–Crippen MR) is 164 cm³/mol. The lowest BCUT2D eigenvalue weighted by molar-refractivity contribution is -0.325. The first kappa shape index (κ1) is 34.1. The number of benzene rings is 3. The molecule has 0 saturated carbocycles. The van der Waals surface area contributed by atoms with Gasteiger partial charge in [0.2, 0.25) is 0 Å². The van der Waals surface area contributed by atoms with Gasteiger partial charge in [0.15, 0.2) is 18.2 Å². The van der Waals surface area contributed by atoms with Gasteiger partial charge < -0.3 is 75.6 Å². The van der Waals surface area contributed by atoms with Gasteiger partial charge in [-0.15, -0.1) is 0 Å². The quantitative estimate of drug-likeness (QED) is 0.124. The highest BCUT2D eigenvalue weighted by atomic mass is 16.7. The molecule has 3 aromatic rings. The van der Waals surface area contributed by atoms with Gasteiger partial charge in [-0.3, -0.25) is 4.79 Å². The van der Waals surface area contributed by atoms with Gasteiger partial charge in [-0.25, -0.2) is 4.79 Å². The fourth-order valence-corrected chi connectivity index (χ4v) is 6.87. The Labute approximate surface area is 282 Å². The number of aromatic hydroxyl groups is 2. The van der Waals surface area contributed by atoms with E-state index in [4.69, 9.17) is 29.4 Å². The number of aliphatic hydroxyl groups excluding tert-OH is 6. The number of ether oxygens (including phenoxy) is 5. The first-order chi connectivity index (χ1) is 23.9. The Balaban J connectivity index is 1.17. The largest absolute Gasteiger partial charge is 0.508 e. The Hall–Kier alpha value is -4.40. The van der Waals surface area contributed by atoms with E-state index in [-0.39, 0.29) is 34.1 Å². The van der Waals surface area contributed by atoms with Crippen molar-refractivity contribution in [2.45, 2.75) is 66.9 Å². The van der Waals surface area contributed by atoms with Gasteiger partial charge >= 0.3 is 5.97 Å². The highest BCUT2D eigenvalue weighted by molar-refractivity contribution is 6.01. The number of aliphatic hydroxyl groups is 6. The summed E-state index contributed by atoms with van der Waals surface area (Å²) in [7, 11) is 0. The van der Waals surface area contributed by atoms with Crippen LogP contribution in [0.4, 0.5) is 0 Å². The number of carbonyl (C=O) groups excluding carboxylic acids is 2. The summed E-state index contributed by atoms with van der Waals surface area (Å²) < 4.78 is 28.6. The zero-order valence-corrected chi connectivity index (χ0v) is 25.9. The van der Waals surface area contributed by atoms with E-state index in [0.717, 1.165) is 0 Å². The zero-order chi connectivity index (χ0) is 35.6. The summed E-state index contributed by atoms with van der Waals surface area (Å²) in [5, 5.41) is 84.6. The van der Waals surface area contributed by atoms with Gasteiger partial charge in [-0.1, -0.05) is 6.07 Å². The summed E-state index contributed by atoms with van der Waals surface area (Å²) in [5.74, 6) is -1.56. The number of hydrogen-bond acceptors (Lipinski definition) is 16. The van der Waals surface area contributed by atoms with Crippen molar-refractivity contribution >= 4 is 11.9 Å². The number of nitrogens with one attached hydrogen (secondary N) is 1. The molecule has 50 heavy (non-hydrogen) atoms. The Morgan fingerprint density at radius 1 is 0.820 bits per heavy atom. The van der Waals surface area contributed by atoms with Crippen molar-refractivity contribution in [2.24, 2.45) is 5.73 Å². The molecule has 10 atom stereocenters. The molecule has 4 aliphatic heterocycles. The number of rotatable bonds is 6. The van der Waals surface area contributed by atoms with Crippen molar-refractivity contribution in [3.63, 3.8) is 0 Å². The van der Waals surface area contributed by atoms with Crippen LogP contribution in [0.1, 0.15) is 37.4 Å². The van der Waals surface area contributed by atoms with E-state index in [0.29, 0.717) is 16.7 Å². The minimum absolute atomic E-state index is 0.00256. The molecular weight excluding hydrogens is 664 g/mol. The molecule has 3 aromatic carbocycles. The zero-order valence-electron chi connectivity index (χ0n) is 25.9. The maximum Gasteiger partial charge on any atom is 0.340 e. The lowest BCUT2D eigenvalue weighted by Gasteiger charge is -2.46. The van der Waals surface area contributed by atoms with Crippen molar-refractivity contribution in [3.05, 3.63) is 82.4 Å². The summed E-state index contributed by atoms with van der Waals surface area (Å²) in [6.07, 6.45) is -12.4. The Kier molecular flexibility index (Phi) is 8.68. The van der Waals surface area contributed by atoms with Crippen molar-refractivity contribution in [1.82, 2.24) is 5.32 Å². The number of fused-ring (bicyclic) bond motifs is 6. The predicted octanol–water partition coefficient (Wildman–Crippen LogP) is -2.01. The number of amides is 1. The Bertz CT molecular complexity index is 1770. The average molecular weight is 699 g/mol. The molecule has 4 aliphatic rings. The van der Waals surface area contributed by atoms with Crippen LogP contribution in [0.15, 0.2) is 54.6 Å². The van der Waals surface area contributed by atoms with Gasteiger partial charge in [0.25, 0.3) is 5.91 Å². The fourth-order valence-electron chi connectivity index (χ4n) is 6.87. The van der Waals surface area contributed by atoms with Crippen LogP contribution in [0.25, 0.3) is 0 Å². The van der Waals surface area contributed by atoms with Gasteiger partial charge in [0.05, 0.1) is 24.8 Å². The topological polar surface area (TPSA) is 280 Å². The van der Waals surface area contributed by atoms with Crippen LogP contribution >= 0.6 is 0 Å². The van der Waals surface area contributed by atoms with E-state index in [1.54, 1.807) is 0 Å². The van der Waals surface area contributed by atoms with E-state index < -0.39 is 92.0 Å². The molecule has 266 valence electrons. The lowest BCUT2D eigenvalue weighted by atomic mass is 9.77. The summed E-state index contributed by atoms with van der Waals surface area (Å²) in [6.45, 7) is -1.47. The number of nitrogens with two attached hydrogens (primary N) is 1. The third-order valence-electron chi connectivity index (χ3n) is 9.43. The minimum atomic E-state index is -1.85. The molecule has 1 amide bonds. The maximum atomic E-state index is 13.6. The highest BCUT2D eigenvalue weighted by Gasteiger charge is 2.54. The molecular formula is C33H34N2O15. The van der Waals surface area contributed by atoms with E-state index in [1.165, 1.54) is 54.6 Å². The second-order valence-corrected chi connectivity index (χ2v) is 12.4. The smallest absolute Gasteiger partial charge is 0.340 e. The van der Waals surface area contributed by atoms with Crippen LogP contribution in [-0.2, 0) is 24.5 Å². The molecule has 1 unspecified atom stereocenters. The second-order valence-electron chi connectivity index (χ2n) is 12.4. The Morgan fingerprint density at radius 2 is 1.44 bits per heavy atom. The number of carbonyl (C=O) groups is 2. The summed E-state index contributed by atoms with van der Waals surface area (Å²) >= 11 is 0. The molecule has 0 aliphatic carbocycles. The van der Waals surface area contributed by atoms with E-state index >= 15 is 0 Å². The van der Waals surface area contributed by atoms with Crippen LogP contribution < -0.4 is 15.8 Å². The molecule has 0 radical (unpaired) electrons. The normalized spacial score (nSPS) is 32.3. The number of hydrogen-bond donors (Lipinski definition) is 10. The van der Waals surface area contributed by atoms with E-state index in [2.05, 4.69) is 5.32 Å². The number of phenolic OH excluding ortho intramolecular Hbond substituents is 2. The summed E-state index contributed by atoms with van der Waals surface area (Å²) in [6, 6.07) is 9.75. The molecule has 0 aromatic heterocycles. The SMILES string of the molecule is N[C@H]1[C@H](O[C@H]2C(O)[C@@H](NC(=O)c3ccc4c(c3)C(=O)OC43c4ccc(O)cc4Oc4cc(O)ccc43)[C@H](O)O[C@@H]2CO)O[C@H](CO)[C@@H](O)[C@H]1O. The van der Waals surface area contributed by atoms with Crippen molar-refractivity contribution in [1.29, 1.82) is 0 Å². The number of esters is 1. The van der Waals surface area contributed by atoms with E-state index in [9.17, 15) is 50.4 Å². The third-order valence-corrected chi connectivity index (χ3v) is 9.43. The van der Waals surface area contributed by atoms with Crippen molar-refractivity contribution in [3.8, 4) is 23.0 Å². The molecule has 0 bridgehead atoms. The van der Waals surface area contributed by atoms with Gasteiger partial charge in [-0.05, 0) is 36.4 Å². The third kappa shape index (κ3) is 5.35. The molecule has 2 fully saturated rings. The first-order valence-electron chi connectivity index (χ1n) is 15.6. The average Bonchev–Trinajstić information content (AvgIpc) is 3.38. The summed E-state index contributed by atoms with van der Waals surface area (Å²) in [4.78, 5) is 27.0. The molecule has 7 rings (SSSR count). The van der Waals surface area contributed by atoms with Crippen LogP contribution in [0, 0.1) is 0 Å².